The van der Waals surface area contributed by atoms with E-state index in [9.17, 15) is 9.90 Å². The molecule has 136 valence electrons. The van der Waals surface area contributed by atoms with Gasteiger partial charge in [0.1, 0.15) is 0 Å². The molecule has 0 radical (unpaired) electrons. The second-order valence-electron chi connectivity index (χ2n) is 6.57. The Labute approximate surface area is 154 Å². The molecule has 0 amide bonds. The second-order valence-corrected chi connectivity index (χ2v) is 6.57. The third-order valence-electron chi connectivity index (χ3n) is 4.58. The number of nitrogens with one attached hydrogen (secondary N) is 1. The molecule has 0 saturated heterocycles. The summed E-state index contributed by atoms with van der Waals surface area (Å²) in [6.07, 6.45) is 6.63. The number of ketones is 1. The van der Waals surface area contributed by atoms with Crippen molar-refractivity contribution in [1.82, 2.24) is 5.32 Å². The van der Waals surface area contributed by atoms with Gasteiger partial charge in [0.05, 0.1) is 23.6 Å². The minimum absolute atomic E-state index is 0.155. The van der Waals surface area contributed by atoms with Crippen LogP contribution in [0.4, 0.5) is 0 Å². The number of amidine groups is 1. The van der Waals surface area contributed by atoms with Gasteiger partial charge in [0, 0.05) is 23.9 Å². The maximum atomic E-state index is 12.5. The van der Waals surface area contributed by atoms with E-state index in [-0.39, 0.29) is 11.9 Å². The van der Waals surface area contributed by atoms with Crippen LogP contribution in [0.15, 0.2) is 53.7 Å². The Morgan fingerprint density at radius 2 is 2.15 bits per heavy atom. The molecule has 1 aromatic carbocycles. The Morgan fingerprint density at radius 3 is 2.81 bits per heavy atom. The topological polar surface area (TPSA) is 85.5 Å². The SMILES string of the molecule is C=C/C(=C\NC(C)=NCC1CCC(O)CC1)C(=O)c1cccc(C#N)c1. The minimum Gasteiger partial charge on any atom is -0.393 e. The first-order valence-corrected chi connectivity index (χ1v) is 8.86. The highest BCUT2D eigenvalue weighted by atomic mass is 16.3. The van der Waals surface area contributed by atoms with Crippen LogP contribution in [0, 0.1) is 17.2 Å². The lowest BCUT2D eigenvalue weighted by Crippen LogP contribution is -2.22. The van der Waals surface area contributed by atoms with Crippen LogP contribution in [0.3, 0.4) is 0 Å². The number of allylic oxidation sites excluding steroid dienone is 2. The van der Waals surface area contributed by atoms with E-state index >= 15 is 0 Å². The van der Waals surface area contributed by atoms with Crippen LogP contribution in [0.25, 0.3) is 0 Å². The summed E-state index contributed by atoms with van der Waals surface area (Å²) in [5, 5.41) is 21.5. The van der Waals surface area contributed by atoms with Gasteiger partial charge in [-0.1, -0.05) is 24.8 Å². The van der Waals surface area contributed by atoms with E-state index in [1.807, 2.05) is 13.0 Å². The van der Waals surface area contributed by atoms with Crippen molar-refractivity contribution in [3.63, 3.8) is 0 Å². The molecule has 0 aliphatic heterocycles. The number of aliphatic hydroxyl groups excluding tert-OH is 1. The number of aliphatic imine (C=N–C) groups is 1. The fraction of sp³-hybridized carbons (Fsp3) is 0.381. The molecule has 0 atom stereocenters. The first-order valence-electron chi connectivity index (χ1n) is 8.86. The number of benzene rings is 1. The molecule has 2 rings (SSSR count). The lowest BCUT2D eigenvalue weighted by atomic mass is 9.87. The maximum Gasteiger partial charge on any atom is 0.194 e. The molecule has 0 heterocycles. The average Bonchev–Trinajstić information content (AvgIpc) is 2.67. The molecular weight excluding hydrogens is 326 g/mol. The number of hydrogen-bond donors (Lipinski definition) is 2. The van der Waals surface area contributed by atoms with Crippen molar-refractivity contribution in [2.45, 2.75) is 38.7 Å². The third kappa shape index (κ3) is 5.68. The number of carbonyl (C=O) groups is 1. The van der Waals surface area contributed by atoms with Gasteiger partial charge >= 0.3 is 0 Å². The monoisotopic (exact) mass is 351 g/mol. The first kappa shape index (κ1) is 19.6. The summed E-state index contributed by atoms with van der Waals surface area (Å²) in [5.41, 5.74) is 1.31. The summed E-state index contributed by atoms with van der Waals surface area (Å²) in [6, 6.07) is 8.63. The van der Waals surface area contributed by atoms with Crippen LogP contribution >= 0.6 is 0 Å². The summed E-state index contributed by atoms with van der Waals surface area (Å²) in [4.78, 5) is 17.1. The Kier molecular flexibility index (Phi) is 7.31. The molecule has 0 bridgehead atoms. The Hall–Kier alpha value is -2.71. The molecule has 2 N–H and O–H groups in total. The van der Waals surface area contributed by atoms with Gasteiger partial charge in [0.15, 0.2) is 5.78 Å². The fourth-order valence-corrected chi connectivity index (χ4v) is 2.94. The normalized spacial score (nSPS) is 21.0. The summed E-state index contributed by atoms with van der Waals surface area (Å²) < 4.78 is 0. The van der Waals surface area contributed by atoms with Crippen LogP contribution in [0.1, 0.15) is 48.5 Å². The number of carbonyl (C=O) groups excluding carboxylic acids is 1. The molecule has 1 saturated carbocycles. The van der Waals surface area contributed by atoms with Gasteiger partial charge < -0.3 is 10.4 Å². The zero-order valence-electron chi connectivity index (χ0n) is 15.1. The lowest BCUT2D eigenvalue weighted by molar-refractivity contribution is 0.103. The molecule has 1 aromatic rings. The number of nitrogens with zero attached hydrogens (tertiary/aromatic N) is 2. The highest BCUT2D eigenvalue weighted by Gasteiger charge is 2.18. The van der Waals surface area contributed by atoms with Crippen LogP contribution in [-0.4, -0.2) is 29.4 Å². The molecule has 26 heavy (non-hydrogen) atoms. The predicted octanol–water partition coefficient (Wildman–Crippen LogP) is 3.37. The van der Waals surface area contributed by atoms with E-state index in [0.29, 0.717) is 22.6 Å². The van der Waals surface area contributed by atoms with Crippen LogP contribution < -0.4 is 5.32 Å². The molecule has 5 heteroatoms. The molecule has 1 aliphatic carbocycles. The van der Waals surface area contributed by atoms with Gasteiger partial charge in [0.25, 0.3) is 0 Å². The zero-order chi connectivity index (χ0) is 18.9. The van der Waals surface area contributed by atoms with Crippen molar-refractivity contribution < 1.29 is 9.90 Å². The number of rotatable bonds is 6. The molecule has 0 aromatic heterocycles. The number of Topliss-reactive ketones (excluding diaryl/α,β-unsaturated/α-hetero) is 1. The third-order valence-corrected chi connectivity index (χ3v) is 4.58. The molecular formula is C21H25N3O2. The van der Waals surface area contributed by atoms with Gasteiger partial charge in [0.2, 0.25) is 0 Å². The zero-order valence-corrected chi connectivity index (χ0v) is 15.1. The van der Waals surface area contributed by atoms with Crippen LogP contribution in [-0.2, 0) is 0 Å². The predicted molar refractivity (Wildman–Crippen MR) is 103 cm³/mol. The summed E-state index contributed by atoms with van der Waals surface area (Å²) >= 11 is 0. The van der Waals surface area contributed by atoms with Crippen molar-refractivity contribution in [3.05, 3.63) is 59.8 Å². The lowest BCUT2D eigenvalue weighted by Gasteiger charge is -2.23. The Balaban J connectivity index is 1.97. The second kappa shape index (κ2) is 9.69. The summed E-state index contributed by atoms with van der Waals surface area (Å²) in [5.74, 6) is 1.04. The van der Waals surface area contributed by atoms with Gasteiger partial charge in [-0.05, 0) is 50.7 Å². The number of nitriles is 1. The van der Waals surface area contributed by atoms with E-state index < -0.39 is 0 Å². The van der Waals surface area contributed by atoms with Gasteiger partial charge in [-0.15, -0.1) is 0 Å². The first-order chi connectivity index (χ1) is 12.5. The standard InChI is InChI=1S/C21H25N3O2/c1-3-18(21(26)19-6-4-5-17(11-19)12-22)14-24-15(2)23-13-16-7-9-20(25)10-8-16/h3-6,11,14,16,20,25H,1,7-10,13H2,2H3,(H,23,24)/b18-14+. The van der Waals surface area contributed by atoms with Gasteiger partial charge in [-0.25, -0.2) is 0 Å². The highest BCUT2D eigenvalue weighted by molar-refractivity contribution is 6.10. The molecule has 1 aliphatic rings. The fourth-order valence-electron chi connectivity index (χ4n) is 2.94. The van der Waals surface area contributed by atoms with Crippen molar-refractivity contribution in [3.8, 4) is 6.07 Å². The van der Waals surface area contributed by atoms with Gasteiger partial charge in [-0.3, -0.25) is 9.79 Å². The smallest absolute Gasteiger partial charge is 0.194 e. The Morgan fingerprint density at radius 1 is 1.42 bits per heavy atom. The summed E-state index contributed by atoms with van der Waals surface area (Å²) in [6.45, 7) is 6.28. The van der Waals surface area contributed by atoms with E-state index in [1.165, 1.54) is 6.08 Å². The quantitative estimate of drug-likeness (QED) is 0.270. The minimum atomic E-state index is -0.196. The van der Waals surface area contributed by atoms with Crippen LogP contribution in [0.5, 0.6) is 0 Å². The highest BCUT2D eigenvalue weighted by Crippen LogP contribution is 2.24. The van der Waals surface area contributed by atoms with Gasteiger partial charge in [-0.2, -0.15) is 5.26 Å². The largest absolute Gasteiger partial charge is 0.393 e. The van der Waals surface area contributed by atoms with Crippen molar-refractivity contribution in [1.29, 1.82) is 5.26 Å². The Bertz CT molecular complexity index is 751. The van der Waals surface area contributed by atoms with E-state index in [2.05, 4.69) is 16.9 Å². The molecule has 0 spiro atoms. The van der Waals surface area contributed by atoms with Crippen LogP contribution in [0.2, 0.25) is 0 Å². The van der Waals surface area contributed by atoms with E-state index in [4.69, 9.17) is 5.26 Å². The van der Waals surface area contributed by atoms with E-state index in [0.717, 1.165) is 38.1 Å². The molecule has 1 fully saturated rings. The molecule has 5 nitrogen and oxygen atoms in total. The number of hydrogen-bond acceptors (Lipinski definition) is 4. The average molecular weight is 351 g/mol. The number of aliphatic hydroxyl groups is 1. The van der Waals surface area contributed by atoms with Crippen molar-refractivity contribution in [2.24, 2.45) is 10.9 Å². The van der Waals surface area contributed by atoms with Crippen molar-refractivity contribution in [2.75, 3.05) is 6.54 Å². The van der Waals surface area contributed by atoms with Crippen molar-refractivity contribution >= 4 is 11.6 Å². The summed E-state index contributed by atoms with van der Waals surface area (Å²) in [7, 11) is 0. The maximum absolute atomic E-state index is 12.5. The van der Waals surface area contributed by atoms with E-state index in [1.54, 1.807) is 30.5 Å². The molecule has 0 unspecified atom stereocenters.